The Hall–Kier alpha value is -0.710. The van der Waals surface area contributed by atoms with E-state index in [9.17, 15) is 0 Å². The van der Waals surface area contributed by atoms with Crippen molar-refractivity contribution in [2.24, 2.45) is 5.73 Å². The summed E-state index contributed by atoms with van der Waals surface area (Å²) in [5.74, 6) is 1.89. The molecule has 0 bridgehead atoms. The predicted molar refractivity (Wildman–Crippen MR) is 76.0 cm³/mol. The summed E-state index contributed by atoms with van der Waals surface area (Å²) in [4.78, 5) is 0. The van der Waals surface area contributed by atoms with E-state index in [-0.39, 0.29) is 0 Å². The van der Waals surface area contributed by atoms with Gasteiger partial charge < -0.3 is 15.2 Å². The van der Waals surface area contributed by atoms with E-state index in [1.165, 1.54) is 5.56 Å². The van der Waals surface area contributed by atoms with Crippen molar-refractivity contribution in [2.75, 3.05) is 13.7 Å². The molecule has 3 nitrogen and oxygen atoms in total. The molecule has 1 aromatic carbocycles. The Morgan fingerprint density at radius 3 is 2.94 bits per heavy atom. The number of methoxy groups -OCH3 is 1. The zero-order valence-electron chi connectivity index (χ0n) is 11.0. The minimum Gasteiger partial charge on any atom is -0.496 e. The van der Waals surface area contributed by atoms with Crippen LogP contribution in [-0.2, 0) is 17.0 Å². The molecule has 2 rings (SSSR count). The number of benzene rings is 1. The molecule has 0 aliphatic carbocycles. The van der Waals surface area contributed by atoms with Crippen molar-refractivity contribution in [3.63, 3.8) is 0 Å². The topological polar surface area (TPSA) is 44.5 Å². The molecule has 0 amide bonds. The standard InChI is InChI=1S/C14H21NO2S/c1-10-14(5-6-17-10)18-9-11-3-4-12(8-15)13(7-11)16-2/h3-4,7,10,14H,5-6,8-9,15H2,1-2H3. The first-order valence-electron chi connectivity index (χ1n) is 6.33. The number of rotatable bonds is 5. The molecule has 0 radical (unpaired) electrons. The van der Waals surface area contributed by atoms with Crippen LogP contribution in [0.3, 0.4) is 0 Å². The van der Waals surface area contributed by atoms with Gasteiger partial charge in [-0.2, -0.15) is 11.8 Å². The predicted octanol–water partition coefficient (Wildman–Crippen LogP) is 2.56. The maximum absolute atomic E-state index is 5.67. The third-order valence-electron chi connectivity index (χ3n) is 3.34. The van der Waals surface area contributed by atoms with E-state index in [0.717, 1.165) is 30.1 Å². The quantitative estimate of drug-likeness (QED) is 0.890. The second kappa shape index (κ2) is 6.45. The van der Waals surface area contributed by atoms with Crippen molar-refractivity contribution in [3.8, 4) is 5.75 Å². The molecule has 2 N–H and O–H groups in total. The molecule has 1 heterocycles. The highest BCUT2D eigenvalue weighted by Gasteiger charge is 2.24. The highest BCUT2D eigenvalue weighted by atomic mass is 32.2. The lowest BCUT2D eigenvalue weighted by molar-refractivity contribution is 0.127. The first-order chi connectivity index (χ1) is 8.74. The molecule has 1 aliphatic rings. The van der Waals surface area contributed by atoms with Gasteiger partial charge in [0.2, 0.25) is 0 Å². The average Bonchev–Trinajstić information content (AvgIpc) is 2.81. The van der Waals surface area contributed by atoms with Crippen LogP contribution in [-0.4, -0.2) is 25.1 Å². The second-order valence-electron chi connectivity index (χ2n) is 4.56. The Kier molecular flexibility index (Phi) is 4.92. The monoisotopic (exact) mass is 267 g/mol. The highest BCUT2D eigenvalue weighted by Crippen LogP contribution is 2.30. The van der Waals surface area contributed by atoms with Crippen LogP contribution in [0, 0.1) is 0 Å². The molecular weight excluding hydrogens is 246 g/mol. The third-order valence-corrected chi connectivity index (χ3v) is 4.89. The van der Waals surface area contributed by atoms with Gasteiger partial charge in [-0.15, -0.1) is 0 Å². The lowest BCUT2D eigenvalue weighted by atomic mass is 10.1. The van der Waals surface area contributed by atoms with Gasteiger partial charge in [-0.3, -0.25) is 0 Å². The third kappa shape index (κ3) is 3.19. The Morgan fingerprint density at radius 2 is 2.33 bits per heavy atom. The summed E-state index contributed by atoms with van der Waals surface area (Å²) < 4.78 is 10.9. The van der Waals surface area contributed by atoms with Crippen LogP contribution in [0.2, 0.25) is 0 Å². The molecule has 0 aromatic heterocycles. The average molecular weight is 267 g/mol. The minimum absolute atomic E-state index is 0.375. The molecule has 1 aliphatic heterocycles. The maximum Gasteiger partial charge on any atom is 0.123 e. The summed E-state index contributed by atoms with van der Waals surface area (Å²) >= 11 is 1.97. The summed E-state index contributed by atoms with van der Waals surface area (Å²) in [6.07, 6.45) is 1.53. The number of hydrogen-bond acceptors (Lipinski definition) is 4. The molecular formula is C14H21NO2S. The first kappa shape index (κ1) is 13.7. The lowest BCUT2D eigenvalue weighted by Gasteiger charge is -2.14. The maximum atomic E-state index is 5.67. The van der Waals surface area contributed by atoms with E-state index < -0.39 is 0 Å². The van der Waals surface area contributed by atoms with Crippen molar-refractivity contribution in [2.45, 2.75) is 37.0 Å². The number of nitrogens with two attached hydrogens (primary N) is 1. The fourth-order valence-corrected chi connectivity index (χ4v) is 3.38. The molecule has 4 heteroatoms. The van der Waals surface area contributed by atoms with E-state index in [1.807, 2.05) is 11.8 Å². The summed E-state index contributed by atoms with van der Waals surface area (Å²) in [5, 5.41) is 0.616. The second-order valence-corrected chi connectivity index (χ2v) is 5.79. The molecule has 0 spiro atoms. The SMILES string of the molecule is COc1cc(CSC2CCOC2C)ccc1CN. The number of ether oxygens (including phenoxy) is 2. The van der Waals surface area contributed by atoms with Gasteiger partial charge in [-0.1, -0.05) is 12.1 Å². The van der Waals surface area contributed by atoms with Crippen molar-refractivity contribution < 1.29 is 9.47 Å². The van der Waals surface area contributed by atoms with Gasteiger partial charge in [0, 0.05) is 29.7 Å². The molecule has 0 saturated carbocycles. The lowest BCUT2D eigenvalue weighted by Crippen LogP contribution is -2.13. The fraction of sp³-hybridized carbons (Fsp3) is 0.571. The smallest absolute Gasteiger partial charge is 0.123 e. The Bertz CT molecular complexity index is 397. The van der Waals surface area contributed by atoms with Gasteiger partial charge in [-0.05, 0) is 25.0 Å². The van der Waals surface area contributed by atoms with E-state index in [4.69, 9.17) is 15.2 Å². The van der Waals surface area contributed by atoms with Crippen molar-refractivity contribution in [3.05, 3.63) is 29.3 Å². The van der Waals surface area contributed by atoms with Crippen LogP contribution in [0.4, 0.5) is 0 Å². The summed E-state index contributed by atoms with van der Waals surface area (Å²) in [6.45, 7) is 3.57. The Balaban J connectivity index is 1.97. The molecule has 18 heavy (non-hydrogen) atoms. The van der Waals surface area contributed by atoms with Crippen LogP contribution in [0.5, 0.6) is 5.75 Å². The van der Waals surface area contributed by atoms with Gasteiger partial charge >= 0.3 is 0 Å². The zero-order chi connectivity index (χ0) is 13.0. The van der Waals surface area contributed by atoms with Crippen LogP contribution >= 0.6 is 11.8 Å². The van der Waals surface area contributed by atoms with Crippen LogP contribution in [0.15, 0.2) is 18.2 Å². The Morgan fingerprint density at radius 1 is 1.50 bits per heavy atom. The van der Waals surface area contributed by atoms with E-state index >= 15 is 0 Å². The van der Waals surface area contributed by atoms with Crippen LogP contribution < -0.4 is 10.5 Å². The van der Waals surface area contributed by atoms with Gasteiger partial charge in [-0.25, -0.2) is 0 Å². The van der Waals surface area contributed by atoms with Crippen molar-refractivity contribution >= 4 is 11.8 Å². The van der Waals surface area contributed by atoms with E-state index in [2.05, 4.69) is 25.1 Å². The van der Waals surface area contributed by atoms with Gasteiger partial charge in [0.05, 0.1) is 13.2 Å². The van der Waals surface area contributed by atoms with Crippen LogP contribution in [0.1, 0.15) is 24.5 Å². The van der Waals surface area contributed by atoms with Gasteiger partial charge in [0.15, 0.2) is 0 Å². The zero-order valence-corrected chi connectivity index (χ0v) is 11.8. The first-order valence-corrected chi connectivity index (χ1v) is 7.38. The molecule has 2 atom stereocenters. The molecule has 1 saturated heterocycles. The van der Waals surface area contributed by atoms with E-state index in [0.29, 0.717) is 17.9 Å². The van der Waals surface area contributed by atoms with Crippen molar-refractivity contribution in [1.29, 1.82) is 0 Å². The molecule has 1 fully saturated rings. The normalized spacial score (nSPS) is 23.3. The van der Waals surface area contributed by atoms with E-state index in [1.54, 1.807) is 7.11 Å². The van der Waals surface area contributed by atoms with Gasteiger partial charge in [0.25, 0.3) is 0 Å². The molecule has 2 unspecified atom stereocenters. The fourth-order valence-electron chi connectivity index (χ4n) is 2.18. The number of hydrogen-bond donors (Lipinski definition) is 1. The van der Waals surface area contributed by atoms with Gasteiger partial charge in [0.1, 0.15) is 5.75 Å². The largest absolute Gasteiger partial charge is 0.496 e. The summed E-state index contributed by atoms with van der Waals surface area (Å²) in [7, 11) is 1.69. The van der Waals surface area contributed by atoms with Crippen molar-refractivity contribution in [1.82, 2.24) is 0 Å². The summed E-state index contributed by atoms with van der Waals surface area (Å²) in [6, 6.07) is 6.29. The van der Waals surface area contributed by atoms with Crippen LogP contribution in [0.25, 0.3) is 0 Å². The highest BCUT2D eigenvalue weighted by molar-refractivity contribution is 7.99. The molecule has 100 valence electrons. The molecule has 1 aromatic rings. The summed E-state index contributed by atoms with van der Waals surface area (Å²) in [5.41, 5.74) is 8.01. The minimum atomic E-state index is 0.375. The number of thioether (sulfide) groups is 1. The Labute approximate surface area is 113 Å².